The molecule has 4 fully saturated rings. The Labute approximate surface area is 221 Å². The molecule has 1 heterocycles. The SMILES string of the molecule is Cc1ccc2c(=O)oc(CC[C@@H](C)[C@H]3CC[C@H]4[C@H]5C(CC[C@]34C)[C@@]3(C)CC[C@@H](O)C[C@H]3C[C@H]5O)nc2c1. The van der Waals surface area contributed by atoms with Gasteiger partial charge in [-0.05, 0) is 129 Å². The molecule has 5 heteroatoms. The van der Waals surface area contributed by atoms with E-state index in [-0.39, 0.29) is 28.7 Å². The van der Waals surface area contributed by atoms with Crippen LogP contribution in [0.25, 0.3) is 10.9 Å². The van der Waals surface area contributed by atoms with Crippen molar-refractivity contribution in [2.45, 2.75) is 104 Å². The van der Waals surface area contributed by atoms with Crippen LogP contribution in [0.15, 0.2) is 27.4 Å². The normalized spacial score (nSPS) is 42.2. The highest BCUT2D eigenvalue weighted by atomic mass is 16.4. The minimum absolute atomic E-state index is 0.182. The summed E-state index contributed by atoms with van der Waals surface area (Å²) in [5, 5.41) is 22.4. The highest BCUT2D eigenvalue weighted by Crippen LogP contribution is 2.68. The van der Waals surface area contributed by atoms with Gasteiger partial charge in [-0.1, -0.05) is 26.8 Å². The molecule has 5 nitrogen and oxygen atoms in total. The monoisotopic (exact) mass is 507 g/mol. The lowest BCUT2D eigenvalue weighted by Crippen LogP contribution is -2.58. The van der Waals surface area contributed by atoms with Crippen LogP contribution in [-0.4, -0.2) is 27.4 Å². The second-order valence-electron chi connectivity index (χ2n) is 13.9. The largest absolute Gasteiger partial charge is 0.408 e. The predicted octanol–water partition coefficient (Wildman–Crippen LogP) is 6.06. The number of fused-ring (bicyclic) bond motifs is 6. The summed E-state index contributed by atoms with van der Waals surface area (Å²) >= 11 is 0. The first kappa shape index (κ1) is 25.6. The van der Waals surface area contributed by atoms with Gasteiger partial charge in [0.05, 0.1) is 23.1 Å². The Bertz CT molecular complexity index is 1220. The van der Waals surface area contributed by atoms with E-state index < -0.39 is 0 Å². The first-order chi connectivity index (χ1) is 17.6. The van der Waals surface area contributed by atoms with Gasteiger partial charge in [-0.15, -0.1) is 0 Å². The van der Waals surface area contributed by atoms with Gasteiger partial charge in [0.2, 0.25) is 0 Å². The number of hydrogen-bond acceptors (Lipinski definition) is 5. The molecule has 0 amide bonds. The Hall–Kier alpha value is -1.72. The third-order valence-corrected chi connectivity index (χ3v) is 12.1. The molecule has 0 spiro atoms. The van der Waals surface area contributed by atoms with Gasteiger partial charge in [-0.2, -0.15) is 0 Å². The molecule has 1 aromatic carbocycles. The van der Waals surface area contributed by atoms with E-state index in [0.717, 1.165) is 43.2 Å². The zero-order valence-corrected chi connectivity index (χ0v) is 23.1. The van der Waals surface area contributed by atoms with Crippen LogP contribution in [0.2, 0.25) is 0 Å². The van der Waals surface area contributed by atoms with Crippen molar-refractivity contribution >= 4 is 10.9 Å². The molecule has 2 N–H and O–H groups in total. The minimum atomic E-state index is -0.285. The second-order valence-corrected chi connectivity index (χ2v) is 13.9. The number of rotatable bonds is 4. The van der Waals surface area contributed by atoms with Gasteiger partial charge in [0, 0.05) is 6.42 Å². The number of aromatic nitrogens is 1. The first-order valence-corrected chi connectivity index (χ1v) is 14.9. The van der Waals surface area contributed by atoms with Crippen molar-refractivity contribution in [3.63, 3.8) is 0 Å². The molecule has 4 saturated carbocycles. The summed E-state index contributed by atoms with van der Waals surface area (Å²) < 4.78 is 5.61. The maximum atomic E-state index is 12.5. The van der Waals surface area contributed by atoms with Gasteiger partial charge >= 0.3 is 5.63 Å². The highest BCUT2D eigenvalue weighted by molar-refractivity contribution is 5.77. The molecule has 1 aromatic heterocycles. The molecule has 2 aromatic rings. The van der Waals surface area contributed by atoms with Crippen molar-refractivity contribution in [2.75, 3.05) is 0 Å². The van der Waals surface area contributed by atoms with Gasteiger partial charge in [0.25, 0.3) is 0 Å². The Morgan fingerprint density at radius 2 is 1.81 bits per heavy atom. The number of hydrogen-bond donors (Lipinski definition) is 2. The average Bonchev–Trinajstić information content (AvgIpc) is 3.20. The van der Waals surface area contributed by atoms with Crippen molar-refractivity contribution in [2.24, 2.45) is 46.3 Å². The van der Waals surface area contributed by atoms with Gasteiger partial charge < -0.3 is 14.6 Å². The zero-order chi connectivity index (χ0) is 26.1. The van der Waals surface area contributed by atoms with Crippen LogP contribution < -0.4 is 5.63 Å². The van der Waals surface area contributed by atoms with Crippen LogP contribution in [0, 0.1) is 53.3 Å². The molecule has 0 aliphatic heterocycles. The Balaban J connectivity index is 1.18. The zero-order valence-electron chi connectivity index (χ0n) is 23.1. The molecule has 4 aliphatic rings. The fourth-order valence-electron chi connectivity index (χ4n) is 10.1. The summed E-state index contributed by atoms with van der Waals surface area (Å²) in [6.45, 7) is 9.40. The summed E-state index contributed by atoms with van der Waals surface area (Å²) in [5.41, 5.74) is 2.07. The molecule has 0 bridgehead atoms. The van der Waals surface area contributed by atoms with Crippen LogP contribution in [0.3, 0.4) is 0 Å². The quantitative estimate of drug-likeness (QED) is 0.526. The van der Waals surface area contributed by atoms with Crippen LogP contribution in [-0.2, 0) is 6.42 Å². The number of aliphatic hydroxyl groups excluding tert-OH is 2. The van der Waals surface area contributed by atoms with E-state index in [1.54, 1.807) is 0 Å². The van der Waals surface area contributed by atoms with E-state index in [0.29, 0.717) is 53.2 Å². The maximum Gasteiger partial charge on any atom is 0.346 e. The lowest BCUT2D eigenvalue weighted by Gasteiger charge is -2.62. The Morgan fingerprint density at radius 1 is 1.05 bits per heavy atom. The van der Waals surface area contributed by atoms with E-state index >= 15 is 0 Å². The van der Waals surface area contributed by atoms with Gasteiger partial charge in [-0.25, -0.2) is 9.78 Å². The number of aryl methyl sites for hydroxylation is 2. The molecular weight excluding hydrogens is 462 g/mol. The van der Waals surface area contributed by atoms with Crippen LogP contribution in [0.5, 0.6) is 0 Å². The first-order valence-electron chi connectivity index (χ1n) is 14.9. The number of nitrogens with zero attached hydrogens (tertiary/aromatic N) is 1. The Morgan fingerprint density at radius 3 is 2.62 bits per heavy atom. The van der Waals surface area contributed by atoms with E-state index in [9.17, 15) is 15.0 Å². The molecular formula is C32H45NO4. The molecule has 0 saturated heterocycles. The van der Waals surface area contributed by atoms with E-state index in [1.165, 1.54) is 25.7 Å². The summed E-state index contributed by atoms with van der Waals surface area (Å²) in [7, 11) is 0. The van der Waals surface area contributed by atoms with Crippen molar-refractivity contribution in [1.82, 2.24) is 4.98 Å². The van der Waals surface area contributed by atoms with Crippen molar-refractivity contribution < 1.29 is 14.6 Å². The lowest BCUT2D eigenvalue weighted by molar-refractivity contribution is -0.174. The summed E-state index contributed by atoms with van der Waals surface area (Å²) in [5.74, 6) is 3.72. The minimum Gasteiger partial charge on any atom is -0.408 e. The average molecular weight is 508 g/mol. The van der Waals surface area contributed by atoms with Crippen molar-refractivity contribution in [3.05, 3.63) is 40.1 Å². The molecule has 10 atom stereocenters. The molecule has 0 radical (unpaired) electrons. The van der Waals surface area contributed by atoms with Crippen LogP contribution in [0.1, 0.15) is 90.0 Å². The fraction of sp³-hybridized carbons (Fsp3) is 0.750. The van der Waals surface area contributed by atoms with Crippen LogP contribution >= 0.6 is 0 Å². The third-order valence-electron chi connectivity index (χ3n) is 12.1. The Kier molecular flexibility index (Phi) is 6.35. The van der Waals surface area contributed by atoms with Gasteiger partial charge in [0.1, 0.15) is 0 Å². The second kappa shape index (κ2) is 9.19. The number of aliphatic hydroxyl groups is 2. The van der Waals surface area contributed by atoms with Crippen molar-refractivity contribution in [3.8, 4) is 0 Å². The predicted molar refractivity (Wildman–Crippen MR) is 145 cm³/mol. The van der Waals surface area contributed by atoms with E-state index in [1.807, 2.05) is 25.1 Å². The number of benzene rings is 1. The topological polar surface area (TPSA) is 83.6 Å². The van der Waals surface area contributed by atoms with E-state index in [4.69, 9.17) is 9.40 Å². The highest BCUT2D eigenvalue weighted by Gasteiger charge is 2.62. The van der Waals surface area contributed by atoms with Gasteiger partial charge in [-0.3, -0.25) is 0 Å². The summed E-state index contributed by atoms with van der Waals surface area (Å²) in [6, 6.07) is 5.70. The molecule has 37 heavy (non-hydrogen) atoms. The summed E-state index contributed by atoms with van der Waals surface area (Å²) in [4.78, 5) is 17.2. The summed E-state index contributed by atoms with van der Waals surface area (Å²) in [6.07, 6.45) is 9.92. The maximum absolute atomic E-state index is 12.5. The molecule has 4 aliphatic carbocycles. The van der Waals surface area contributed by atoms with Crippen molar-refractivity contribution in [1.29, 1.82) is 0 Å². The third kappa shape index (κ3) is 4.11. The standard InChI is InChI=1S/C32H45NO4/c1-18-5-7-22-26(15-18)33-28(37-30(22)36)10-6-19(2)23-8-9-24-29-25(12-14-32(23,24)4)31(3)13-11-21(34)16-20(31)17-27(29)35/h5,7,15,19-21,23-25,27,29,34-35H,6,8-14,16-17H2,1-4H3/t19-,20+,21-,23-,24+,25?,27-,29+,31+,32-/m1/s1. The molecule has 6 rings (SSSR count). The van der Waals surface area contributed by atoms with E-state index in [2.05, 4.69) is 20.8 Å². The smallest absolute Gasteiger partial charge is 0.346 e. The fourth-order valence-corrected chi connectivity index (χ4v) is 10.1. The van der Waals surface area contributed by atoms with Gasteiger partial charge in [0.15, 0.2) is 5.89 Å². The molecule has 202 valence electrons. The van der Waals surface area contributed by atoms with Crippen LogP contribution in [0.4, 0.5) is 0 Å². The molecule has 1 unspecified atom stereocenters. The lowest BCUT2D eigenvalue weighted by atomic mass is 9.43.